The van der Waals surface area contributed by atoms with Crippen molar-refractivity contribution in [3.8, 4) is 0 Å². The molecule has 0 fully saturated rings. The van der Waals surface area contributed by atoms with E-state index in [1.165, 1.54) is 38.0 Å². The smallest absolute Gasteiger partial charge is 0 e. The fraction of sp³-hybridized carbons (Fsp3) is 0.444. The van der Waals surface area contributed by atoms with Crippen LogP contribution in [-0.2, 0) is 16.5 Å². The van der Waals surface area contributed by atoms with Crippen LogP contribution in [0.5, 0.6) is 0 Å². The summed E-state index contributed by atoms with van der Waals surface area (Å²) in [6.45, 7) is 4.58. The molecule has 0 aliphatic heterocycles. The van der Waals surface area contributed by atoms with Crippen LogP contribution in [0.2, 0.25) is 0 Å². The first kappa shape index (κ1) is 19.6. The van der Waals surface area contributed by atoms with Gasteiger partial charge >= 0.3 is 0 Å². The Morgan fingerprint density at radius 3 is 1.55 bits per heavy atom. The van der Waals surface area contributed by atoms with Gasteiger partial charge in [0.2, 0.25) is 0 Å². The van der Waals surface area contributed by atoms with Crippen molar-refractivity contribution < 1.29 is 16.5 Å². The Labute approximate surface area is 136 Å². The predicted octanol–water partition coefficient (Wildman–Crippen LogP) is 5.52. The standard InChI is InChI=1S/C13H22P.C5H5.Ni/c1-3-5-11-14(12-6-4-2)13-9-7-8-10-13;1-2-4-5-3-1;/h7-10H,3-6,11-12H2,1-2H3;1-5H;/q-1;-5;. The third kappa shape index (κ3) is 8.73. The minimum Gasteiger partial charge on any atom is -0.748 e. The second kappa shape index (κ2) is 13.6. The minimum atomic E-state index is 0. The maximum atomic E-state index is 2.32. The van der Waals surface area contributed by atoms with E-state index in [-0.39, 0.29) is 24.4 Å². The van der Waals surface area contributed by atoms with Crippen molar-refractivity contribution in [3.63, 3.8) is 0 Å². The SMILES string of the molecule is CCCCP(CCCC)[c-]1cccc1.[Ni].[cH-]1[cH-][cH-][cH-][cH-]1. The van der Waals surface area contributed by atoms with E-state index in [4.69, 9.17) is 0 Å². The predicted molar refractivity (Wildman–Crippen MR) is 90.2 cm³/mol. The average molecular weight is 333 g/mol. The summed E-state index contributed by atoms with van der Waals surface area (Å²) in [4.78, 5) is 0. The fourth-order valence-corrected chi connectivity index (χ4v) is 4.69. The van der Waals surface area contributed by atoms with E-state index in [0.29, 0.717) is 0 Å². The van der Waals surface area contributed by atoms with Crippen molar-refractivity contribution in [2.45, 2.75) is 39.5 Å². The molecule has 0 amide bonds. The minimum absolute atomic E-state index is 0. The summed E-state index contributed by atoms with van der Waals surface area (Å²) in [5.74, 6) is 0. The van der Waals surface area contributed by atoms with E-state index in [9.17, 15) is 0 Å². The molecule has 120 valence electrons. The van der Waals surface area contributed by atoms with Crippen LogP contribution in [0.4, 0.5) is 0 Å². The first-order valence-electron chi connectivity index (χ1n) is 7.51. The molecular weight excluding hydrogens is 306 g/mol. The summed E-state index contributed by atoms with van der Waals surface area (Å²) in [6, 6.07) is 19.0. The van der Waals surface area contributed by atoms with Gasteiger partial charge in [0.25, 0.3) is 0 Å². The molecule has 2 aromatic carbocycles. The first-order chi connectivity index (χ1) is 9.38. The van der Waals surface area contributed by atoms with Crippen LogP contribution in [0, 0.1) is 0 Å². The summed E-state index contributed by atoms with van der Waals surface area (Å²) in [7, 11) is 0.169. The summed E-state index contributed by atoms with van der Waals surface area (Å²) in [5.41, 5.74) is 0. The molecule has 0 radical (unpaired) electrons. The maximum absolute atomic E-state index is 2.32. The average Bonchev–Trinajstić information content (AvgIpc) is 3.14. The molecule has 0 aliphatic carbocycles. The van der Waals surface area contributed by atoms with Crippen molar-refractivity contribution in [2.24, 2.45) is 0 Å². The monoisotopic (exact) mass is 332 g/mol. The van der Waals surface area contributed by atoms with Gasteiger partial charge < -0.3 is 30.3 Å². The largest absolute Gasteiger partial charge is 0.748 e. The zero-order valence-corrected chi connectivity index (χ0v) is 14.6. The molecule has 0 aliphatic rings. The van der Waals surface area contributed by atoms with Crippen LogP contribution >= 0.6 is 7.92 Å². The summed E-state index contributed by atoms with van der Waals surface area (Å²) < 4.78 is 0. The van der Waals surface area contributed by atoms with Crippen molar-refractivity contribution in [3.05, 3.63) is 54.6 Å². The Bertz CT molecular complexity index is 339. The molecule has 0 unspecified atom stereocenters. The van der Waals surface area contributed by atoms with Gasteiger partial charge in [0.15, 0.2) is 0 Å². The molecule has 0 atom stereocenters. The second-order valence-electron chi connectivity index (χ2n) is 4.80. The van der Waals surface area contributed by atoms with Crippen molar-refractivity contribution in [2.75, 3.05) is 12.3 Å². The Hall–Kier alpha value is -0.376. The van der Waals surface area contributed by atoms with Crippen LogP contribution in [-0.4, -0.2) is 12.3 Å². The van der Waals surface area contributed by atoms with Gasteiger partial charge in [-0.2, -0.15) is 12.1 Å². The quantitative estimate of drug-likeness (QED) is 0.356. The summed E-state index contributed by atoms with van der Waals surface area (Å²) >= 11 is 0. The van der Waals surface area contributed by atoms with Gasteiger partial charge in [-0.05, 0) is 12.3 Å². The van der Waals surface area contributed by atoms with E-state index in [0.717, 1.165) is 0 Å². The van der Waals surface area contributed by atoms with E-state index in [1.807, 2.05) is 30.3 Å². The van der Waals surface area contributed by atoms with Crippen molar-refractivity contribution in [1.82, 2.24) is 0 Å². The van der Waals surface area contributed by atoms with Crippen LogP contribution in [0.1, 0.15) is 39.5 Å². The molecule has 2 rings (SSSR count). The first-order valence-corrected chi connectivity index (χ1v) is 9.23. The van der Waals surface area contributed by atoms with Crippen molar-refractivity contribution >= 4 is 13.2 Å². The molecule has 0 saturated heterocycles. The third-order valence-electron chi connectivity index (χ3n) is 3.13. The molecule has 0 bridgehead atoms. The molecule has 0 spiro atoms. The molecular formula is C18H27NiP-6. The van der Waals surface area contributed by atoms with E-state index >= 15 is 0 Å². The molecule has 20 heavy (non-hydrogen) atoms. The van der Waals surface area contributed by atoms with Gasteiger partial charge in [0, 0.05) is 16.5 Å². The normalized spacial score (nSPS) is 9.75. The van der Waals surface area contributed by atoms with Crippen molar-refractivity contribution in [1.29, 1.82) is 0 Å². The Morgan fingerprint density at radius 2 is 1.20 bits per heavy atom. The molecule has 0 aromatic heterocycles. The Morgan fingerprint density at radius 1 is 0.800 bits per heavy atom. The molecule has 0 saturated carbocycles. The van der Waals surface area contributed by atoms with Gasteiger partial charge in [-0.1, -0.05) is 39.5 Å². The molecule has 2 aromatic rings. The number of hydrogen-bond acceptors (Lipinski definition) is 0. The second-order valence-corrected chi connectivity index (χ2v) is 7.29. The Balaban J connectivity index is 0.000000507. The number of rotatable bonds is 7. The topological polar surface area (TPSA) is 0 Å². The third-order valence-corrected chi connectivity index (χ3v) is 5.87. The Kier molecular flexibility index (Phi) is 13.3. The van der Waals surface area contributed by atoms with Crippen LogP contribution < -0.4 is 5.30 Å². The van der Waals surface area contributed by atoms with Crippen LogP contribution in [0.15, 0.2) is 54.6 Å². The maximum Gasteiger partial charge on any atom is 0 e. The zero-order chi connectivity index (χ0) is 13.8. The molecule has 2 heteroatoms. The van der Waals surface area contributed by atoms with Gasteiger partial charge in [-0.3, -0.25) is 0 Å². The van der Waals surface area contributed by atoms with Gasteiger partial charge in [-0.15, -0.1) is 13.2 Å². The van der Waals surface area contributed by atoms with E-state index in [2.05, 4.69) is 38.1 Å². The van der Waals surface area contributed by atoms with Gasteiger partial charge in [0.05, 0.1) is 0 Å². The molecule has 0 heterocycles. The summed E-state index contributed by atoms with van der Waals surface area (Å²) in [5, 5.41) is 1.63. The fourth-order valence-electron chi connectivity index (χ4n) is 1.96. The summed E-state index contributed by atoms with van der Waals surface area (Å²) in [6.07, 6.45) is 8.37. The number of unbranched alkanes of at least 4 members (excludes halogenated alkanes) is 2. The van der Waals surface area contributed by atoms with Gasteiger partial charge in [-0.25, -0.2) is 12.1 Å². The van der Waals surface area contributed by atoms with Gasteiger partial charge in [0.1, 0.15) is 0 Å². The molecule has 0 N–H and O–H groups in total. The van der Waals surface area contributed by atoms with Crippen LogP contribution in [0.25, 0.3) is 0 Å². The number of hydrogen-bond donors (Lipinski definition) is 0. The zero-order valence-electron chi connectivity index (χ0n) is 12.7. The van der Waals surface area contributed by atoms with E-state index in [1.54, 1.807) is 5.30 Å². The van der Waals surface area contributed by atoms with Crippen LogP contribution in [0.3, 0.4) is 0 Å². The molecule has 0 nitrogen and oxygen atoms in total. The van der Waals surface area contributed by atoms with E-state index < -0.39 is 0 Å².